The number of phenolic OH excluding ortho intramolecular Hbond substituents is 1. The highest BCUT2D eigenvalue weighted by atomic mass is 16.3. The number of aromatic hydroxyl groups is 1. The van der Waals surface area contributed by atoms with E-state index in [0.717, 1.165) is 0 Å². The summed E-state index contributed by atoms with van der Waals surface area (Å²) in [7, 11) is 0. The first kappa shape index (κ1) is 99.9. The lowest BCUT2D eigenvalue weighted by molar-refractivity contribution is -0.139. The summed E-state index contributed by atoms with van der Waals surface area (Å²) in [5.41, 5.74) is 9.25. The van der Waals surface area contributed by atoms with Gasteiger partial charge in [0.05, 0.1) is 18.8 Å². The predicted octanol–water partition coefficient (Wildman–Crippen LogP) is 1.35. The molecule has 15 amide bonds. The Morgan fingerprint density at radius 2 is 1.14 bits per heavy atom. The number of hydrogen-bond donors (Lipinski definition) is 19. The van der Waals surface area contributed by atoms with E-state index >= 15 is 14.4 Å². The second-order valence-corrected chi connectivity index (χ2v) is 32.8. The lowest BCUT2D eigenvalue weighted by atomic mass is 9.87. The van der Waals surface area contributed by atoms with E-state index in [2.05, 4.69) is 74.1 Å². The summed E-state index contributed by atoms with van der Waals surface area (Å²) in [5, 5.41) is 66.7. The molecule has 1 aliphatic heterocycles. The van der Waals surface area contributed by atoms with Gasteiger partial charge in [0.1, 0.15) is 77.2 Å². The van der Waals surface area contributed by atoms with Gasteiger partial charge in [0.2, 0.25) is 88.6 Å². The minimum atomic E-state index is -1.90. The van der Waals surface area contributed by atoms with Crippen LogP contribution in [-0.2, 0) is 96.0 Å². The molecule has 1 aromatic heterocycles. The van der Waals surface area contributed by atoms with Gasteiger partial charge < -0.3 is 101 Å². The summed E-state index contributed by atoms with van der Waals surface area (Å²) in [4.78, 5) is 229. The molecule has 21 N–H and O–H groups in total. The third kappa shape index (κ3) is 33.1. The number of aliphatic hydroxyl groups is 2. The number of rotatable bonds is 30. The minimum absolute atomic E-state index is 0.0381. The van der Waals surface area contributed by atoms with E-state index in [9.17, 15) is 77.6 Å². The van der Waals surface area contributed by atoms with Crippen molar-refractivity contribution in [2.24, 2.45) is 29.2 Å². The SMILES string of the molecule is CC(=O)N[C@@H](CC(C)C)C(=O)N[C@H](C(=O)N[C@@H](Cc1ccccc1)C(=O)N[C@]1(C)CCCCCC/C=C\CCC[C@@](C)(C(=O)N[C@@H](CO)C(=O)N[C@@H](C)C(=O)N[C@@H](C)C(N)=O)NC(=O)[C@H](CCC(C)C)CC(=O)[C@H](CCC(N)=O)NC(=O)[C@H](C)NC(=O)[C@H](Cc2c[nH]c3ccccc23)NC(=O)[C@H](Cc2ccc(O)cc2)NC(=O)C(C)NC1=O)[C@@H](C)O. The molecule has 4 aromatic rings. The van der Waals surface area contributed by atoms with Crippen molar-refractivity contribution in [3.05, 3.63) is 114 Å². The third-order valence-corrected chi connectivity index (χ3v) is 21.1. The number of nitrogens with two attached hydrogens (primary N) is 2. The first-order valence-electron chi connectivity index (χ1n) is 41.4. The average molecular weight is 1690 g/mol. The summed E-state index contributed by atoms with van der Waals surface area (Å²) in [6.45, 7) is 16.9. The molecule has 35 nitrogen and oxygen atoms in total. The van der Waals surface area contributed by atoms with Crippen molar-refractivity contribution < 1.29 is 92.0 Å². The lowest BCUT2D eigenvalue weighted by Crippen LogP contribution is -2.64. The molecule has 664 valence electrons. The topological polar surface area (TPSA) is 558 Å². The molecule has 3 aromatic carbocycles. The molecule has 0 radical (unpaired) electrons. The van der Waals surface area contributed by atoms with E-state index in [1.54, 1.807) is 60.8 Å². The maximum Gasteiger partial charge on any atom is 0.246 e. The van der Waals surface area contributed by atoms with Gasteiger partial charge in [-0.15, -0.1) is 0 Å². The Morgan fingerprint density at radius 3 is 1.76 bits per heavy atom. The molecule has 1 aliphatic rings. The fourth-order valence-corrected chi connectivity index (χ4v) is 13.6. The number of allylic oxidation sites excluding steroid dienone is 2. The largest absolute Gasteiger partial charge is 0.508 e. The minimum Gasteiger partial charge on any atom is -0.508 e. The van der Waals surface area contributed by atoms with Crippen molar-refractivity contribution in [1.29, 1.82) is 0 Å². The standard InChI is InChI=1S/C86H126N16O19/c1-48(2)31-34-58-45-69(107)63(37-38-70(87)108)95-74(111)52(7)91-77(114)67(44-59-46-89-62-30-24-23-29-61(59)62)97-78(115)65(43-57-32-35-60(106)36-33-57)96-75(112)53(8)93-83(120)85(11,102-81(118)66(42-56-27-21-20-22-28-56)98-82(119)71(54(9)104)100-79(116)64(41-49(3)4)94-55(10)105)39-25-18-16-14-13-15-17-19-26-40-86(12,101-76(58)113)84(121)99-68(47-103)80(117)92-51(6)73(110)90-50(5)72(88)109/h15,17,20-24,27-30,32-33,35-36,46,48-54,58,63-68,71,89,103-104,106H,13-14,16,18-19,25-26,31,34,37-45,47H2,1-12H3,(H2,87,108)(H2,88,109)(H,90,110)(H,91,114)(H,92,117)(H,93,120)(H,94,105)(H,95,111)(H,96,112)(H,97,115)(H,98,119)(H,99,121)(H,100,116)(H,101,113)(H,102,118)/b17-15-/t50-,51-,52-,53?,54+,58+,63-,64-,65-,66-,67-,68-,71-,85+,86-/m0/s1. The van der Waals surface area contributed by atoms with Gasteiger partial charge in [-0.3, -0.25) is 76.7 Å². The van der Waals surface area contributed by atoms with Gasteiger partial charge >= 0.3 is 0 Å². The number of primary amides is 2. The van der Waals surface area contributed by atoms with Crippen LogP contribution in [0.25, 0.3) is 10.9 Å². The van der Waals surface area contributed by atoms with Crippen molar-refractivity contribution in [2.75, 3.05) is 6.61 Å². The highest BCUT2D eigenvalue weighted by molar-refractivity contribution is 6.02. The molecular weight excluding hydrogens is 1560 g/mol. The number of ketones is 1. The number of Topliss-reactive ketones (excluding diaryl/α,β-unsaturated/α-hetero) is 1. The normalized spacial score (nSPS) is 22.7. The predicted molar refractivity (Wildman–Crippen MR) is 450 cm³/mol. The number of benzene rings is 3. The van der Waals surface area contributed by atoms with Gasteiger partial charge in [0.25, 0.3) is 0 Å². The molecule has 0 saturated heterocycles. The maximum atomic E-state index is 15.2. The van der Waals surface area contributed by atoms with E-state index in [-0.39, 0.29) is 81.8 Å². The Kier molecular flexibility index (Phi) is 40.1. The van der Waals surface area contributed by atoms with Crippen molar-refractivity contribution in [1.82, 2.24) is 74.1 Å². The number of para-hydroxylation sites is 1. The zero-order valence-corrected chi connectivity index (χ0v) is 71.4. The molecule has 5 rings (SSSR count). The Labute approximate surface area is 706 Å². The summed E-state index contributed by atoms with van der Waals surface area (Å²) in [5.74, 6) is -15.4. The van der Waals surface area contributed by atoms with Crippen molar-refractivity contribution in [3.63, 3.8) is 0 Å². The van der Waals surface area contributed by atoms with Gasteiger partial charge in [0.15, 0.2) is 5.78 Å². The molecular formula is C86H126N16O19. The number of amides is 15. The molecule has 0 saturated carbocycles. The quantitative estimate of drug-likeness (QED) is 0.0328. The van der Waals surface area contributed by atoms with Gasteiger partial charge in [-0.25, -0.2) is 0 Å². The molecule has 15 atom stereocenters. The molecule has 35 heteroatoms. The molecule has 0 spiro atoms. The van der Waals surface area contributed by atoms with Crippen molar-refractivity contribution >= 4 is 105 Å². The van der Waals surface area contributed by atoms with Crippen LogP contribution in [0.4, 0.5) is 0 Å². The number of phenols is 1. The Morgan fingerprint density at radius 1 is 0.554 bits per heavy atom. The van der Waals surface area contributed by atoms with Crippen LogP contribution in [0, 0.1) is 17.8 Å². The van der Waals surface area contributed by atoms with Crippen molar-refractivity contribution in [2.45, 2.75) is 282 Å². The van der Waals surface area contributed by atoms with Crippen LogP contribution in [-0.4, -0.2) is 205 Å². The average Bonchev–Trinajstić information content (AvgIpc) is 1.74. The van der Waals surface area contributed by atoms with Crippen LogP contribution in [0.1, 0.15) is 196 Å². The number of aliphatic hydroxyl groups excluding tert-OH is 2. The number of aromatic amines is 1. The number of fused-ring (bicyclic) bond motifs is 1. The molecule has 0 aliphatic carbocycles. The zero-order valence-electron chi connectivity index (χ0n) is 71.4. The fraction of sp³-hybridized carbons (Fsp3) is 0.558. The smallest absolute Gasteiger partial charge is 0.246 e. The van der Waals surface area contributed by atoms with E-state index in [4.69, 9.17) is 11.5 Å². The van der Waals surface area contributed by atoms with Crippen LogP contribution >= 0.6 is 0 Å². The van der Waals surface area contributed by atoms with Crippen LogP contribution in [0.15, 0.2) is 97.2 Å². The number of carbonyl (C=O) groups excluding carboxylic acids is 16. The highest BCUT2D eigenvalue weighted by Gasteiger charge is 2.43. The summed E-state index contributed by atoms with van der Waals surface area (Å²) in [6, 6.07) is 5.21. The number of hydrogen-bond acceptors (Lipinski definition) is 19. The third-order valence-electron chi connectivity index (χ3n) is 21.1. The van der Waals surface area contributed by atoms with Crippen LogP contribution in [0.5, 0.6) is 5.75 Å². The number of nitrogens with one attached hydrogen (secondary N) is 14. The van der Waals surface area contributed by atoms with E-state index < -0.39 is 203 Å². The first-order chi connectivity index (χ1) is 57.0. The number of H-pyrrole nitrogens is 1. The second kappa shape index (κ2) is 48.6. The van der Waals surface area contributed by atoms with E-state index in [0.29, 0.717) is 66.1 Å². The number of carbonyl (C=O) groups is 16. The van der Waals surface area contributed by atoms with Crippen molar-refractivity contribution in [3.8, 4) is 5.75 Å². The first-order valence-corrected chi connectivity index (χ1v) is 41.4. The Balaban J connectivity index is 1.60. The van der Waals surface area contributed by atoms with Gasteiger partial charge in [-0.2, -0.15) is 0 Å². The maximum absolute atomic E-state index is 15.2. The summed E-state index contributed by atoms with van der Waals surface area (Å²) >= 11 is 0. The van der Waals surface area contributed by atoms with Crippen LogP contribution in [0.3, 0.4) is 0 Å². The zero-order chi connectivity index (χ0) is 90.0. The molecule has 0 fully saturated rings. The Bertz CT molecular complexity index is 4270. The van der Waals surface area contributed by atoms with Crippen LogP contribution < -0.4 is 80.6 Å². The Hall–Kier alpha value is -11.6. The summed E-state index contributed by atoms with van der Waals surface area (Å²) < 4.78 is 0. The van der Waals surface area contributed by atoms with Crippen LogP contribution in [0.2, 0.25) is 0 Å². The summed E-state index contributed by atoms with van der Waals surface area (Å²) in [6.07, 6.45) is 5.12. The molecule has 121 heavy (non-hydrogen) atoms. The molecule has 0 bridgehead atoms. The monoisotopic (exact) mass is 1690 g/mol. The molecule has 1 unspecified atom stereocenters. The van der Waals surface area contributed by atoms with Gasteiger partial charge in [-0.1, -0.05) is 126 Å². The highest BCUT2D eigenvalue weighted by Crippen LogP contribution is 2.26. The lowest BCUT2D eigenvalue weighted by Gasteiger charge is -2.33. The fourth-order valence-electron chi connectivity index (χ4n) is 13.6. The van der Waals surface area contributed by atoms with Gasteiger partial charge in [-0.05, 0) is 153 Å². The van der Waals surface area contributed by atoms with E-state index in [1.165, 1.54) is 79.7 Å². The second-order valence-electron chi connectivity index (χ2n) is 32.8. The van der Waals surface area contributed by atoms with E-state index in [1.807, 2.05) is 39.8 Å². The van der Waals surface area contributed by atoms with Gasteiger partial charge in [0, 0.05) is 62.0 Å². The molecule has 2 heterocycles. The number of aromatic nitrogens is 1.